The van der Waals surface area contributed by atoms with Crippen LogP contribution in [0.1, 0.15) is 22.8 Å². The molecule has 4 N–H and O–H groups in total. The molecule has 0 unspecified atom stereocenters. The van der Waals surface area contributed by atoms with E-state index in [1.54, 1.807) is 23.9 Å². The third-order valence-corrected chi connectivity index (χ3v) is 4.92. The number of hydrogen-bond donors (Lipinski definition) is 3. The lowest BCUT2D eigenvalue weighted by atomic mass is 10.1. The predicted molar refractivity (Wildman–Crippen MR) is 109 cm³/mol. The van der Waals surface area contributed by atoms with E-state index in [1.165, 1.54) is 5.56 Å². The summed E-state index contributed by atoms with van der Waals surface area (Å²) in [6.45, 7) is 0.606. The SMILES string of the molecule is N#Cc1ccc(Cl)cc1S[C@H](CCN)c1ccccc1.O=C(O)/C=C/C(=O)O. The van der Waals surface area contributed by atoms with Crippen LogP contribution in [-0.2, 0) is 9.59 Å². The van der Waals surface area contributed by atoms with Crippen molar-refractivity contribution in [3.63, 3.8) is 0 Å². The van der Waals surface area contributed by atoms with Crippen molar-refractivity contribution in [1.29, 1.82) is 5.26 Å². The van der Waals surface area contributed by atoms with Crippen LogP contribution in [-0.4, -0.2) is 28.7 Å². The van der Waals surface area contributed by atoms with Crippen LogP contribution in [0.2, 0.25) is 5.02 Å². The van der Waals surface area contributed by atoms with Crippen molar-refractivity contribution in [3.8, 4) is 6.07 Å². The molecule has 146 valence electrons. The first-order chi connectivity index (χ1) is 13.4. The molecule has 0 amide bonds. The number of halogens is 1. The Morgan fingerprint density at radius 1 is 1.14 bits per heavy atom. The van der Waals surface area contributed by atoms with Gasteiger partial charge in [0.25, 0.3) is 0 Å². The van der Waals surface area contributed by atoms with Gasteiger partial charge in [-0.1, -0.05) is 41.9 Å². The highest BCUT2D eigenvalue weighted by Gasteiger charge is 2.15. The summed E-state index contributed by atoms with van der Waals surface area (Å²) in [6, 6.07) is 17.8. The number of benzene rings is 2. The second-order valence-electron chi connectivity index (χ2n) is 5.36. The monoisotopic (exact) mass is 418 g/mol. The lowest BCUT2D eigenvalue weighted by Crippen LogP contribution is -2.05. The Bertz CT molecular complexity index is 850. The summed E-state index contributed by atoms with van der Waals surface area (Å²) in [7, 11) is 0. The van der Waals surface area contributed by atoms with Gasteiger partial charge in [0, 0.05) is 27.3 Å². The molecule has 6 nitrogen and oxygen atoms in total. The maximum absolute atomic E-state index is 9.55. The summed E-state index contributed by atoms with van der Waals surface area (Å²) >= 11 is 7.68. The van der Waals surface area contributed by atoms with Crippen LogP contribution in [0.5, 0.6) is 0 Å². The van der Waals surface area contributed by atoms with Crippen LogP contribution in [0.25, 0.3) is 0 Å². The van der Waals surface area contributed by atoms with E-state index in [4.69, 9.17) is 27.5 Å². The summed E-state index contributed by atoms with van der Waals surface area (Å²) < 4.78 is 0. The Balaban J connectivity index is 0.000000416. The van der Waals surface area contributed by atoms with Crippen molar-refractivity contribution < 1.29 is 19.8 Å². The summed E-state index contributed by atoms with van der Waals surface area (Å²) in [5, 5.41) is 25.7. The van der Waals surface area contributed by atoms with E-state index in [0.717, 1.165) is 11.3 Å². The minimum absolute atomic E-state index is 0.228. The van der Waals surface area contributed by atoms with Crippen molar-refractivity contribution in [2.24, 2.45) is 5.73 Å². The Labute approximate surface area is 172 Å². The number of nitrogens with two attached hydrogens (primary N) is 1. The summed E-state index contributed by atoms with van der Waals surface area (Å²) in [5.74, 6) is -2.51. The molecule has 0 fully saturated rings. The molecule has 8 heteroatoms. The fourth-order valence-electron chi connectivity index (χ4n) is 2.09. The van der Waals surface area contributed by atoms with E-state index in [-0.39, 0.29) is 5.25 Å². The number of nitriles is 1. The van der Waals surface area contributed by atoms with Crippen LogP contribution in [0.4, 0.5) is 0 Å². The molecule has 28 heavy (non-hydrogen) atoms. The standard InChI is InChI=1S/C16H15ClN2S.C4H4O4/c17-14-7-6-13(11-19)16(10-14)20-15(8-9-18)12-4-2-1-3-5-12;5-3(6)1-2-4(7)8/h1-7,10,15H,8-9,18H2;1-2H,(H,5,6)(H,7,8)/b;2-1+/t15-;/m1./s1. The smallest absolute Gasteiger partial charge is 0.328 e. The Morgan fingerprint density at radius 2 is 1.75 bits per heavy atom. The fourth-order valence-corrected chi connectivity index (χ4v) is 3.62. The molecule has 0 aliphatic rings. The first-order valence-electron chi connectivity index (χ1n) is 8.12. The van der Waals surface area contributed by atoms with Gasteiger partial charge in [0.2, 0.25) is 0 Å². The average molecular weight is 419 g/mol. The van der Waals surface area contributed by atoms with Crippen molar-refractivity contribution in [1.82, 2.24) is 0 Å². The lowest BCUT2D eigenvalue weighted by Gasteiger charge is -2.17. The number of rotatable bonds is 7. The quantitative estimate of drug-likeness (QED) is 0.456. The molecule has 2 aromatic carbocycles. The van der Waals surface area contributed by atoms with Crippen LogP contribution < -0.4 is 5.73 Å². The van der Waals surface area contributed by atoms with Gasteiger partial charge >= 0.3 is 11.9 Å². The number of nitrogens with zero attached hydrogens (tertiary/aromatic N) is 1. The molecular formula is C20H19ClN2O4S. The molecule has 0 aliphatic carbocycles. The van der Waals surface area contributed by atoms with E-state index in [1.807, 2.05) is 24.3 Å². The van der Waals surface area contributed by atoms with Crippen molar-refractivity contribution in [2.45, 2.75) is 16.6 Å². The molecule has 0 spiro atoms. The number of carboxylic acid groups (broad SMARTS) is 2. The van der Waals surface area contributed by atoms with Crippen LogP contribution in [0, 0.1) is 11.3 Å². The van der Waals surface area contributed by atoms with Gasteiger partial charge in [0.1, 0.15) is 6.07 Å². The largest absolute Gasteiger partial charge is 0.478 e. The fraction of sp³-hybridized carbons (Fsp3) is 0.150. The third-order valence-electron chi connectivity index (χ3n) is 3.30. The minimum atomic E-state index is -1.26. The van der Waals surface area contributed by atoms with E-state index in [9.17, 15) is 14.9 Å². The second-order valence-corrected chi connectivity index (χ2v) is 7.04. The molecule has 0 aromatic heterocycles. The maximum atomic E-state index is 9.55. The first-order valence-corrected chi connectivity index (χ1v) is 9.38. The van der Waals surface area contributed by atoms with Crippen molar-refractivity contribution in [3.05, 3.63) is 76.8 Å². The molecule has 0 heterocycles. The lowest BCUT2D eigenvalue weighted by molar-refractivity contribution is -0.134. The molecule has 1 atom stereocenters. The highest BCUT2D eigenvalue weighted by atomic mass is 35.5. The molecule has 0 saturated carbocycles. The second kappa shape index (κ2) is 12.6. The molecule has 0 saturated heterocycles. The van der Waals surface area contributed by atoms with E-state index < -0.39 is 11.9 Å². The Morgan fingerprint density at radius 3 is 2.25 bits per heavy atom. The number of carboxylic acids is 2. The van der Waals surface area contributed by atoms with Gasteiger partial charge in [-0.15, -0.1) is 11.8 Å². The van der Waals surface area contributed by atoms with E-state index in [2.05, 4.69) is 18.2 Å². The van der Waals surface area contributed by atoms with Gasteiger partial charge < -0.3 is 15.9 Å². The van der Waals surface area contributed by atoms with Crippen LogP contribution >= 0.6 is 23.4 Å². The molecule has 0 aliphatic heterocycles. The zero-order valence-corrected chi connectivity index (χ0v) is 16.4. The summed E-state index contributed by atoms with van der Waals surface area (Å²) in [4.78, 5) is 20.0. The van der Waals surface area contributed by atoms with Gasteiger partial charge in [-0.25, -0.2) is 9.59 Å². The van der Waals surface area contributed by atoms with Crippen molar-refractivity contribution >= 4 is 35.3 Å². The molecule has 0 radical (unpaired) electrons. The normalized spacial score (nSPS) is 11.2. The number of hydrogen-bond acceptors (Lipinski definition) is 5. The van der Waals surface area contributed by atoms with Gasteiger partial charge in [-0.05, 0) is 36.7 Å². The highest BCUT2D eigenvalue weighted by Crippen LogP contribution is 2.39. The zero-order valence-electron chi connectivity index (χ0n) is 14.8. The molecular weight excluding hydrogens is 400 g/mol. The van der Waals surface area contributed by atoms with Crippen LogP contribution in [0.3, 0.4) is 0 Å². The van der Waals surface area contributed by atoms with E-state index >= 15 is 0 Å². The third kappa shape index (κ3) is 8.73. The Hall–Kier alpha value is -2.79. The van der Waals surface area contributed by atoms with Gasteiger partial charge in [-0.2, -0.15) is 5.26 Å². The zero-order chi connectivity index (χ0) is 20.9. The van der Waals surface area contributed by atoms with Gasteiger partial charge in [-0.3, -0.25) is 0 Å². The maximum Gasteiger partial charge on any atom is 0.328 e. The van der Waals surface area contributed by atoms with Gasteiger partial charge in [0.15, 0.2) is 0 Å². The Kier molecular flexibility index (Phi) is 10.4. The highest BCUT2D eigenvalue weighted by molar-refractivity contribution is 7.99. The summed E-state index contributed by atoms with van der Waals surface area (Å²) in [5.41, 5.74) is 7.58. The van der Waals surface area contributed by atoms with Crippen molar-refractivity contribution in [2.75, 3.05) is 6.54 Å². The molecule has 2 aromatic rings. The topological polar surface area (TPSA) is 124 Å². The minimum Gasteiger partial charge on any atom is -0.478 e. The number of thioether (sulfide) groups is 1. The predicted octanol–water partition coefficient (Wildman–Crippen LogP) is 4.11. The molecule has 0 bridgehead atoms. The average Bonchev–Trinajstić information content (AvgIpc) is 2.67. The summed E-state index contributed by atoms with van der Waals surface area (Å²) in [6.07, 6.45) is 1.97. The van der Waals surface area contributed by atoms with Gasteiger partial charge in [0.05, 0.1) is 5.56 Å². The van der Waals surface area contributed by atoms with Crippen LogP contribution in [0.15, 0.2) is 65.6 Å². The first kappa shape index (κ1) is 23.2. The number of carbonyl (C=O) groups is 2. The molecule has 2 rings (SSSR count). The van der Waals surface area contributed by atoms with E-state index in [0.29, 0.717) is 29.3 Å². The number of aliphatic carboxylic acids is 2.